The summed E-state index contributed by atoms with van der Waals surface area (Å²) in [5.41, 5.74) is 7.39. The zero-order valence-electron chi connectivity index (χ0n) is 7.41. The van der Waals surface area contributed by atoms with Crippen LogP contribution in [0.1, 0.15) is 20.3 Å². The molecule has 0 unspecified atom stereocenters. The van der Waals surface area contributed by atoms with E-state index in [1.165, 1.54) is 6.21 Å². The van der Waals surface area contributed by atoms with Gasteiger partial charge in [-0.1, -0.05) is 0 Å². The predicted molar refractivity (Wildman–Crippen MR) is 46.9 cm³/mol. The SMILES string of the molecule is CC(C)OC(=O)N/N=C/CCN. The minimum atomic E-state index is -0.543. The van der Waals surface area contributed by atoms with Crippen molar-refractivity contribution in [2.24, 2.45) is 10.8 Å². The molecule has 0 rings (SSSR count). The van der Waals surface area contributed by atoms with Gasteiger partial charge in [0.1, 0.15) is 0 Å². The average Bonchev–Trinajstić information content (AvgIpc) is 1.97. The second kappa shape index (κ2) is 6.60. The van der Waals surface area contributed by atoms with Crippen molar-refractivity contribution in [3.05, 3.63) is 0 Å². The van der Waals surface area contributed by atoms with E-state index in [9.17, 15) is 4.79 Å². The third-order valence-electron chi connectivity index (χ3n) is 0.886. The summed E-state index contributed by atoms with van der Waals surface area (Å²) >= 11 is 0. The molecule has 0 aliphatic rings. The molecule has 5 heteroatoms. The highest BCUT2D eigenvalue weighted by atomic mass is 16.6. The number of carbonyl (C=O) groups is 1. The molecule has 0 bridgehead atoms. The first kappa shape index (κ1) is 10.9. The van der Waals surface area contributed by atoms with Crippen molar-refractivity contribution in [2.45, 2.75) is 26.4 Å². The molecular formula is C7H15N3O2. The van der Waals surface area contributed by atoms with Crippen LogP contribution < -0.4 is 11.2 Å². The monoisotopic (exact) mass is 173 g/mol. The number of hydrazone groups is 1. The lowest BCUT2D eigenvalue weighted by atomic mass is 10.5. The van der Waals surface area contributed by atoms with E-state index in [0.29, 0.717) is 13.0 Å². The Morgan fingerprint density at radius 3 is 2.92 bits per heavy atom. The van der Waals surface area contributed by atoms with Crippen molar-refractivity contribution in [1.82, 2.24) is 5.43 Å². The Kier molecular flexibility index (Phi) is 6.00. The van der Waals surface area contributed by atoms with E-state index >= 15 is 0 Å². The van der Waals surface area contributed by atoms with Crippen molar-refractivity contribution in [3.8, 4) is 0 Å². The van der Waals surface area contributed by atoms with Crippen LogP contribution in [0.2, 0.25) is 0 Å². The number of ether oxygens (including phenoxy) is 1. The lowest BCUT2D eigenvalue weighted by molar-refractivity contribution is 0.116. The summed E-state index contributed by atoms with van der Waals surface area (Å²) in [6.07, 6.45) is 1.50. The third-order valence-corrected chi connectivity index (χ3v) is 0.886. The number of hydrogen-bond acceptors (Lipinski definition) is 4. The number of nitrogens with one attached hydrogen (secondary N) is 1. The number of carbonyl (C=O) groups excluding carboxylic acids is 1. The lowest BCUT2D eigenvalue weighted by Gasteiger charge is -2.05. The van der Waals surface area contributed by atoms with Crippen LogP contribution in [-0.2, 0) is 4.74 Å². The fourth-order valence-electron chi connectivity index (χ4n) is 0.478. The molecule has 70 valence electrons. The molecule has 0 fully saturated rings. The Morgan fingerprint density at radius 1 is 1.75 bits per heavy atom. The maximum atomic E-state index is 10.7. The van der Waals surface area contributed by atoms with Gasteiger partial charge in [0.25, 0.3) is 0 Å². The quantitative estimate of drug-likeness (QED) is 0.479. The van der Waals surface area contributed by atoms with E-state index in [-0.39, 0.29) is 6.10 Å². The molecule has 0 spiro atoms. The zero-order valence-corrected chi connectivity index (χ0v) is 7.41. The fraction of sp³-hybridized carbons (Fsp3) is 0.714. The molecule has 0 radical (unpaired) electrons. The number of hydrogen-bond donors (Lipinski definition) is 2. The highest BCUT2D eigenvalue weighted by Gasteiger charge is 2.00. The van der Waals surface area contributed by atoms with Crippen LogP contribution in [0, 0.1) is 0 Å². The highest BCUT2D eigenvalue weighted by molar-refractivity contribution is 5.69. The molecule has 0 aliphatic carbocycles. The van der Waals surface area contributed by atoms with Gasteiger partial charge in [-0.05, 0) is 26.8 Å². The Hall–Kier alpha value is -1.10. The van der Waals surface area contributed by atoms with Crippen LogP contribution in [0.15, 0.2) is 5.10 Å². The fourth-order valence-corrected chi connectivity index (χ4v) is 0.478. The molecule has 0 aliphatic heterocycles. The predicted octanol–water partition coefficient (Wildman–Crippen LogP) is 0.456. The van der Waals surface area contributed by atoms with Crippen molar-refractivity contribution in [1.29, 1.82) is 0 Å². The molecule has 1 amide bonds. The molecule has 0 saturated carbocycles. The van der Waals surface area contributed by atoms with E-state index < -0.39 is 6.09 Å². The van der Waals surface area contributed by atoms with E-state index in [4.69, 9.17) is 10.5 Å². The summed E-state index contributed by atoms with van der Waals surface area (Å²) in [6, 6.07) is 0. The van der Waals surface area contributed by atoms with Crippen molar-refractivity contribution >= 4 is 12.3 Å². The first-order chi connectivity index (χ1) is 5.66. The van der Waals surface area contributed by atoms with Gasteiger partial charge in [-0.2, -0.15) is 5.10 Å². The maximum Gasteiger partial charge on any atom is 0.427 e. The van der Waals surface area contributed by atoms with Crippen molar-refractivity contribution in [2.75, 3.05) is 6.54 Å². The minimum Gasteiger partial charge on any atom is -0.446 e. The van der Waals surface area contributed by atoms with Crippen LogP contribution in [-0.4, -0.2) is 25.0 Å². The topological polar surface area (TPSA) is 76.7 Å². The Bertz CT molecular complexity index is 157. The van der Waals surface area contributed by atoms with Gasteiger partial charge in [-0.3, -0.25) is 0 Å². The number of amides is 1. The molecule has 0 atom stereocenters. The number of rotatable bonds is 4. The smallest absolute Gasteiger partial charge is 0.427 e. The summed E-state index contributed by atoms with van der Waals surface area (Å²) < 4.78 is 4.74. The summed E-state index contributed by atoms with van der Waals surface area (Å²) in [5.74, 6) is 0. The van der Waals surface area contributed by atoms with E-state index in [0.717, 1.165) is 0 Å². The van der Waals surface area contributed by atoms with E-state index in [1.54, 1.807) is 13.8 Å². The summed E-state index contributed by atoms with van der Waals surface area (Å²) in [7, 11) is 0. The maximum absolute atomic E-state index is 10.7. The molecule has 0 aromatic rings. The first-order valence-electron chi connectivity index (χ1n) is 3.85. The zero-order chi connectivity index (χ0) is 9.40. The second-order valence-electron chi connectivity index (χ2n) is 2.45. The van der Waals surface area contributed by atoms with Crippen molar-refractivity contribution < 1.29 is 9.53 Å². The highest BCUT2D eigenvalue weighted by Crippen LogP contribution is 1.87. The van der Waals surface area contributed by atoms with Crippen LogP contribution in [0.25, 0.3) is 0 Å². The van der Waals surface area contributed by atoms with Crippen LogP contribution >= 0.6 is 0 Å². The van der Waals surface area contributed by atoms with E-state index in [2.05, 4.69) is 10.5 Å². The molecule has 5 nitrogen and oxygen atoms in total. The van der Waals surface area contributed by atoms with Crippen LogP contribution in [0.4, 0.5) is 4.79 Å². The summed E-state index contributed by atoms with van der Waals surface area (Å²) in [5, 5.41) is 3.58. The van der Waals surface area contributed by atoms with Crippen molar-refractivity contribution in [3.63, 3.8) is 0 Å². The Labute approximate surface area is 72.0 Å². The van der Waals surface area contributed by atoms with Gasteiger partial charge in [0, 0.05) is 6.21 Å². The molecule has 0 saturated heterocycles. The summed E-state index contributed by atoms with van der Waals surface area (Å²) in [4.78, 5) is 10.7. The van der Waals surface area contributed by atoms with E-state index in [1.807, 2.05) is 0 Å². The van der Waals surface area contributed by atoms with Crippen LogP contribution in [0.5, 0.6) is 0 Å². The van der Waals surface area contributed by atoms with Gasteiger partial charge >= 0.3 is 6.09 Å². The average molecular weight is 173 g/mol. The third kappa shape index (κ3) is 7.01. The van der Waals surface area contributed by atoms with Gasteiger partial charge < -0.3 is 10.5 Å². The van der Waals surface area contributed by atoms with Gasteiger partial charge in [-0.25, -0.2) is 10.2 Å². The second-order valence-corrected chi connectivity index (χ2v) is 2.45. The minimum absolute atomic E-state index is 0.130. The Balaban J connectivity index is 3.43. The normalized spacial score (nSPS) is 10.7. The largest absolute Gasteiger partial charge is 0.446 e. The number of nitrogens with two attached hydrogens (primary N) is 1. The lowest BCUT2D eigenvalue weighted by Crippen LogP contribution is -2.22. The molecule has 12 heavy (non-hydrogen) atoms. The standard InChI is InChI=1S/C7H15N3O2/c1-6(2)12-7(11)10-9-5-3-4-8/h5-6H,3-4,8H2,1-2H3,(H,10,11)/b9-5+. The van der Waals surface area contributed by atoms with Gasteiger partial charge in [0.2, 0.25) is 0 Å². The molecule has 0 aromatic heterocycles. The van der Waals surface area contributed by atoms with Gasteiger partial charge in [-0.15, -0.1) is 0 Å². The Morgan fingerprint density at radius 2 is 2.42 bits per heavy atom. The number of nitrogens with zero attached hydrogens (tertiary/aromatic N) is 1. The van der Waals surface area contributed by atoms with Crippen LogP contribution in [0.3, 0.4) is 0 Å². The van der Waals surface area contributed by atoms with Gasteiger partial charge in [0.15, 0.2) is 0 Å². The molecular weight excluding hydrogens is 158 g/mol. The molecule has 0 heterocycles. The molecule has 3 N–H and O–H groups in total. The molecule has 0 aromatic carbocycles. The first-order valence-corrected chi connectivity index (χ1v) is 3.85. The van der Waals surface area contributed by atoms with Gasteiger partial charge in [0.05, 0.1) is 6.10 Å². The summed E-state index contributed by atoms with van der Waals surface area (Å²) in [6.45, 7) is 4.05.